The van der Waals surface area contributed by atoms with Crippen molar-refractivity contribution in [2.24, 2.45) is 5.92 Å². The second-order valence-corrected chi connectivity index (χ2v) is 5.05. The summed E-state index contributed by atoms with van der Waals surface area (Å²) >= 11 is 0. The lowest BCUT2D eigenvalue weighted by Gasteiger charge is -2.43. The van der Waals surface area contributed by atoms with E-state index in [1.165, 1.54) is 18.4 Å². The minimum absolute atomic E-state index is 0.782. The maximum atomic E-state index is 4.05. The molecule has 0 aliphatic heterocycles. The van der Waals surface area contributed by atoms with E-state index < -0.39 is 0 Å². The van der Waals surface area contributed by atoms with Gasteiger partial charge in [0.1, 0.15) is 0 Å². The van der Waals surface area contributed by atoms with Gasteiger partial charge in [-0.05, 0) is 63.5 Å². The molecule has 2 atom stereocenters. The number of rotatable bonds is 6. The first-order valence-corrected chi connectivity index (χ1v) is 6.55. The van der Waals surface area contributed by atoms with Crippen molar-refractivity contribution in [2.45, 2.75) is 25.3 Å². The zero-order valence-electron chi connectivity index (χ0n) is 10.9. The highest BCUT2D eigenvalue weighted by atomic mass is 15.1. The molecule has 2 rings (SSSR count). The molecule has 1 heterocycles. The molecule has 0 aromatic carbocycles. The van der Waals surface area contributed by atoms with Gasteiger partial charge in [-0.3, -0.25) is 4.98 Å². The van der Waals surface area contributed by atoms with Crippen LogP contribution in [-0.2, 0) is 6.42 Å². The van der Waals surface area contributed by atoms with Gasteiger partial charge in [-0.2, -0.15) is 0 Å². The Hall–Kier alpha value is -0.930. The second kappa shape index (κ2) is 6.12. The number of hydrogen-bond acceptors (Lipinski definition) is 3. The molecule has 1 aromatic heterocycles. The van der Waals surface area contributed by atoms with E-state index in [1.807, 2.05) is 19.4 Å². The van der Waals surface area contributed by atoms with Crippen LogP contribution in [0, 0.1) is 5.92 Å². The first-order valence-electron chi connectivity index (χ1n) is 6.55. The van der Waals surface area contributed by atoms with Crippen LogP contribution in [0.1, 0.15) is 18.4 Å². The monoisotopic (exact) mass is 233 g/mol. The largest absolute Gasteiger partial charge is 0.319 e. The molecular weight excluding hydrogens is 210 g/mol. The Morgan fingerprint density at radius 2 is 2.12 bits per heavy atom. The Kier molecular flexibility index (Phi) is 4.51. The van der Waals surface area contributed by atoms with Crippen LogP contribution in [0.5, 0.6) is 0 Å². The molecule has 1 saturated carbocycles. The van der Waals surface area contributed by atoms with E-state index in [0.717, 1.165) is 31.5 Å². The summed E-state index contributed by atoms with van der Waals surface area (Å²) < 4.78 is 0. The zero-order valence-corrected chi connectivity index (χ0v) is 10.9. The van der Waals surface area contributed by atoms with Crippen LogP contribution in [0.4, 0.5) is 0 Å². The van der Waals surface area contributed by atoms with Gasteiger partial charge in [0.25, 0.3) is 0 Å². The van der Waals surface area contributed by atoms with E-state index >= 15 is 0 Å². The summed E-state index contributed by atoms with van der Waals surface area (Å²) in [6, 6.07) is 5.00. The summed E-state index contributed by atoms with van der Waals surface area (Å²) in [5.74, 6) is 0.849. The van der Waals surface area contributed by atoms with E-state index in [0.29, 0.717) is 0 Å². The minimum Gasteiger partial charge on any atom is -0.319 e. The molecule has 1 N–H and O–H groups in total. The van der Waals surface area contributed by atoms with Gasteiger partial charge in [0.15, 0.2) is 0 Å². The third-order valence-corrected chi connectivity index (χ3v) is 3.91. The molecule has 0 amide bonds. The fourth-order valence-corrected chi connectivity index (χ4v) is 2.65. The van der Waals surface area contributed by atoms with Gasteiger partial charge in [-0.1, -0.05) is 0 Å². The molecule has 1 aliphatic carbocycles. The van der Waals surface area contributed by atoms with Crippen molar-refractivity contribution in [3.63, 3.8) is 0 Å². The fraction of sp³-hybridized carbons (Fsp3) is 0.643. The van der Waals surface area contributed by atoms with Crippen molar-refractivity contribution in [3.05, 3.63) is 30.1 Å². The van der Waals surface area contributed by atoms with Gasteiger partial charge >= 0.3 is 0 Å². The van der Waals surface area contributed by atoms with Crippen molar-refractivity contribution in [1.82, 2.24) is 15.2 Å². The Morgan fingerprint density at radius 1 is 1.35 bits per heavy atom. The third kappa shape index (κ3) is 3.27. The summed E-state index contributed by atoms with van der Waals surface area (Å²) in [7, 11) is 4.31. The molecule has 17 heavy (non-hydrogen) atoms. The lowest BCUT2D eigenvalue weighted by molar-refractivity contribution is 0.0861. The molecule has 1 aromatic rings. The van der Waals surface area contributed by atoms with Gasteiger partial charge in [-0.25, -0.2) is 0 Å². The van der Waals surface area contributed by atoms with Gasteiger partial charge < -0.3 is 10.2 Å². The average molecular weight is 233 g/mol. The predicted molar refractivity (Wildman–Crippen MR) is 71.0 cm³/mol. The molecule has 1 aliphatic rings. The maximum absolute atomic E-state index is 4.05. The number of hydrogen-bond donors (Lipinski definition) is 1. The molecule has 3 nitrogen and oxygen atoms in total. The van der Waals surface area contributed by atoms with Crippen molar-refractivity contribution in [1.29, 1.82) is 0 Å². The topological polar surface area (TPSA) is 28.2 Å². The van der Waals surface area contributed by atoms with Crippen LogP contribution >= 0.6 is 0 Å². The van der Waals surface area contributed by atoms with Crippen molar-refractivity contribution < 1.29 is 0 Å². The quantitative estimate of drug-likeness (QED) is 0.808. The van der Waals surface area contributed by atoms with Crippen LogP contribution < -0.4 is 5.32 Å². The summed E-state index contributed by atoms with van der Waals surface area (Å²) in [6.07, 6.45) is 7.62. The SMILES string of the molecule is CNCC1CCC1N(C)CCc1ccncc1. The predicted octanol–water partition coefficient (Wildman–Crippen LogP) is 1.55. The Bertz CT molecular complexity index is 325. The molecular formula is C14H23N3. The van der Waals surface area contributed by atoms with E-state index in [1.54, 1.807) is 0 Å². The number of aromatic nitrogens is 1. The van der Waals surface area contributed by atoms with E-state index in [-0.39, 0.29) is 0 Å². The normalized spacial score (nSPS) is 23.7. The van der Waals surface area contributed by atoms with Crippen LogP contribution in [-0.4, -0.2) is 43.1 Å². The van der Waals surface area contributed by atoms with Crippen LogP contribution in [0.25, 0.3) is 0 Å². The van der Waals surface area contributed by atoms with E-state index in [9.17, 15) is 0 Å². The highest BCUT2D eigenvalue weighted by Gasteiger charge is 2.32. The third-order valence-electron chi connectivity index (χ3n) is 3.91. The molecule has 0 radical (unpaired) electrons. The van der Waals surface area contributed by atoms with Gasteiger partial charge in [0.2, 0.25) is 0 Å². The molecule has 0 bridgehead atoms. The maximum Gasteiger partial charge on any atom is 0.0270 e. The smallest absolute Gasteiger partial charge is 0.0270 e. The summed E-state index contributed by atoms with van der Waals surface area (Å²) in [5.41, 5.74) is 1.39. The molecule has 94 valence electrons. The van der Waals surface area contributed by atoms with Crippen LogP contribution in [0.2, 0.25) is 0 Å². The molecule has 0 spiro atoms. The minimum atomic E-state index is 0.782. The first-order chi connectivity index (χ1) is 8.31. The number of likely N-dealkylation sites (N-methyl/N-ethyl adjacent to an activating group) is 1. The van der Waals surface area contributed by atoms with Crippen molar-refractivity contribution in [3.8, 4) is 0 Å². The highest BCUT2D eigenvalue weighted by Crippen LogP contribution is 2.30. The molecule has 3 heteroatoms. The first kappa shape index (κ1) is 12.5. The Balaban J connectivity index is 1.76. The summed E-state index contributed by atoms with van der Waals surface area (Å²) in [4.78, 5) is 6.57. The number of nitrogens with zero attached hydrogens (tertiary/aromatic N) is 2. The standard InChI is InChI=1S/C14H23N3/c1-15-11-13-3-4-14(13)17(2)10-7-12-5-8-16-9-6-12/h5-6,8-9,13-15H,3-4,7,10-11H2,1-2H3. The lowest BCUT2D eigenvalue weighted by atomic mass is 9.78. The van der Waals surface area contributed by atoms with Crippen LogP contribution in [0.15, 0.2) is 24.5 Å². The summed E-state index contributed by atoms with van der Waals surface area (Å²) in [6.45, 7) is 2.30. The molecule has 0 saturated heterocycles. The number of nitrogens with one attached hydrogen (secondary N) is 1. The van der Waals surface area contributed by atoms with Gasteiger partial charge in [-0.15, -0.1) is 0 Å². The molecule has 1 fully saturated rings. The fourth-order valence-electron chi connectivity index (χ4n) is 2.65. The van der Waals surface area contributed by atoms with Crippen molar-refractivity contribution in [2.75, 3.05) is 27.2 Å². The number of pyridine rings is 1. The Labute approximate surface area is 104 Å². The summed E-state index contributed by atoms with van der Waals surface area (Å²) in [5, 5.41) is 3.29. The zero-order chi connectivity index (χ0) is 12.1. The molecule has 2 unspecified atom stereocenters. The average Bonchev–Trinajstić information content (AvgIpc) is 2.33. The van der Waals surface area contributed by atoms with E-state index in [2.05, 4.69) is 34.4 Å². The Morgan fingerprint density at radius 3 is 2.71 bits per heavy atom. The lowest BCUT2D eigenvalue weighted by Crippen LogP contribution is -2.49. The second-order valence-electron chi connectivity index (χ2n) is 5.05. The van der Waals surface area contributed by atoms with Gasteiger partial charge in [0, 0.05) is 25.0 Å². The van der Waals surface area contributed by atoms with E-state index in [4.69, 9.17) is 0 Å². The van der Waals surface area contributed by atoms with Gasteiger partial charge in [0.05, 0.1) is 0 Å². The highest BCUT2D eigenvalue weighted by molar-refractivity contribution is 5.10. The van der Waals surface area contributed by atoms with Crippen LogP contribution in [0.3, 0.4) is 0 Å². The van der Waals surface area contributed by atoms with Crippen molar-refractivity contribution >= 4 is 0 Å².